The van der Waals surface area contributed by atoms with Gasteiger partial charge in [-0.25, -0.2) is 0 Å². The van der Waals surface area contributed by atoms with Crippen molar-refractivity contribution in [3.05, 3.63) is 0 Å². The normalized spacial score (nSPS) is 14.5. The number of aliphatic hydroxyl groups excluding tert-OH is 1. The molecule has 2 nitrogen and oxygen atoms in total. The molecule has 0 aliphatic rings. The third-order valence-corrected chi connectivity index (χ3v) is 0.938. The van der Waals surface area contributed by atoms with Crippen LogP contribution in [0.4, 0.5) is 0 Å². The molecule has 0 aliphatic heterocycles. The molecule has 38 valence electrons. The molecule has 0 bridgehead atoms. The summed E-state index contributed by atoms with van der Waals surface area (Å²) in [7, 11) is 0. The average molecular weight is 107 g/mol. The zero-order valence-electron chi connectivity index (χ0n) is 3.46. The van der Waals surface area contributed by atoms with Gasteiger partial charge in [-0.2, -0.15) is 12.6 Å². The second kappa shape index (κ2) is 3.46. The third-order valence-electron chi connectivity index (χ3n) is 0.469. The zero-order valence-corrected chi connectivity index (χ0v) is 4.36. The van der Waals surface area contributed by atoms with Crippen molar-refractivity contribution in [1.29, 1.82) is 0 Å². The first-order valence-corrected chi connectivity index (χ1v) is 2.41. The smallest absolute Gasteiger partial charge is 0.0590 e. The lowest BCUT2D eigenvalue weighted by Gasteiger charge is -1.98. The fourth-order valence-corrected chi connectivity index (χ4v) is 0.173. The van der Waals surface area contributed by atoms with Crippen LogP contribution < -0.4 is 5.73 Å². The van der Waals surface area contributed by atoms with Crippen molar-refractivity contribution in [2.45, 2.75) is 6.04 Å². The van der Waals surface area contributed by atoms with E-state index in [4.69, 9.17) is 10.8 Å². The number of hydrogen-bond acceptors (Lipinski definition) is 3. The first-order chi connectivity index (χ1) is 2.81. The van der Waals surface area contributed by atoms with Gasteiger partial charge in [0.25, 0.3) is 0 Å². The van der Waals surface area contributed by atoms with Crippen LogP contribution in [0.3, 0.4) is 0 Å². The lowest BCUT2D eigenvalue weighted by atomic mass is 10.4. The molecule has 6 heavy (non-hydrogen) atoms. The lowest BCUT2D eigenvalue weighted by Crippen LogP contribution is -2.25. The molecule has 3 N–H and O–H groups in total. The van der Waals surface area contributed by atoms with E-state index < -0.39 is 0 Å². The minimum Gasteiger partial charge on any atom is -0.395 e. The van der Waals surface area contributed by atoms with Gasteiger partial charge in [0.1, 0.15) is 0 Å². The van der Waals surface area contributed by atoms with Gasteiger partial charge in [0, 0.05) is 11.8 Å². The number of thiol groups is 1. The molecule has 0 saturated heterocycles. The monoisotopic (exact) mass is 107 g/mol. The van der Waals surface area contributed by atoms with Gasteiger partial charge in [0.15, 0.2) is 0 Å². The summed E-state index contributed by atoms with van der Waals surface area (Å²) in [6, 6.07) is -0.145. The molecule has 1 atom stereocenters. The highest BCUT2D eigenvalue weighted by molar-refractivity contribution is 7.80. The van der Waals surface area contributed by atoms with Gasteiger partial charge >= 0.3 is 0 Å². The van der Waals surface area contributed by atoms with Crippen LogP contribution in [-0.2, 0) is 0 Å². The molecular formula is C3H9NOS. The molecular weight excluding hydrogens is 98.1 g/mol. The Morgan fingerprint density at radius 1 is 1.83 bits per heavy atom. The molecule has 0 aromatic carbocycles. The summed E-state index contributed by atoms with van der Waals surface area (Å²) < 4.78 is 0. The van der Waals surface area contributed by atoms with Gasteiger partial charge in [-0.05, 0) is 0 Å². The fourth-order valence-electron chi connectivity index (χ4n) is 0.0577. The molecule has 0 rings (SSSR count). The van der Waals surface area contributed by atoms with Gasteiger partial charge in [-0.3, -0.25) is 0 Å². The Hall–Kier alpha value is 0.270. The standard InChI is InChI=1S/C3H9NOS/c4-3(1-5)2-6/h3,5-6H,1-2,4H2. The Labute approximate surface area is 42.8 Å². The molecule has 0 fully saturated rings. The number of hydrogen-bond donors (Lipinski definition) is 3. The minimum absolute atomic E-state index is 0.0312. The van der Waals surface area contributed by atoms with Crippen molar-refractivity contribution in [1.82, 2.24) is 0 Å². The van der Waals surface area contributed by atoms with Crippen molar-refractivity contribution in [2.24, 2.45) is 5.73 Å². The van der Waals surface area contributed by atoms with Crippen molar-refractivity contribution in [3.8, 4) is 0 Å². The van der Waals surface area contributed by atoms with Crippen molar-refractivity contribution in [2.75, 3.05) is 12.4 Å². The molecule has 0 saturated carbocycles. The molecule has 0 radical (unpaired) electrons. The van der Waals surface area contributed by atoms with E-state index in [1.165, 1.54) is 0 Å². The molecule has 1 unspecified atom stereocenters. The molecule has 0 amide bonds. The van der Waals surface area contributed by atoms with Crippen molar-refractivity contribution < 1.29 is 5.11 Å². The predicted octanol–water partition coefficient (Wildman–Crippen LogP) is -0.764. The van der Waals surface area contributed by atoms with Gasteiger partial charge in [-0.15, -0.1) is 0 Å². The first kappa shape index (κ1) is 6.27. The van der Waals surface area contributed by atoms with Crippen LogP contribution in [-0.4, -0.2) is 23.5 Å². The maximum Gasteiger partial charge on any atom is 0.0590 e. The molecule has 0 spiro atoms. The summed E-state index contributed by atoms with van der Waals surface area (Å²) in [4.78, 5) is 0. The summed E-state index contributed by atoms with van der Waals surface area (Å²) >= 11 is 3.81. The number of nitrogens with two attached hydrogens (primary N) is 1. The Kier molecular flexibility index (Phi) is 3.62. The second-order valence-corrected chi connectivity index (χ2v) is 1.49. The van der Waals surface area contributed by atoms with E-state index in [2.05, 4.69) is 12.6 Å². The van der Waals surface area contributed by atoms with Crippen LogP contribution in [0.2, 0.25) is 0 Å². The second-order valence-electron chi connectivity index (χ2n) is 1.13. The van der Waals surface area contributed by atoms with Crippen LogP contribution >= 0.6 is 12.6 Å². The average Bonchev–Trinajstić information content (AvgIpc) is 1.65. The van der Waals surface area contributed by atoms with E-state index in [1.807, 2.05) is 0 Å². The van der Waals surface area contributed by atoms with Crippen molar-refractivity contribution >= 4 is 12.6 Å². The van der Waals surface area contributed by atoms with E-state index in [0.29, 0.717) is 5.75 Å². The molecule has 0 heterocycles. The van der Waals surface area contributed by atoms with E-state index >= 15 is 0 Å². The van der Waals surface area contributed by atoms with E-state index in [0.717, 1.165) is 0 Å². The van der Waals surface area contributed by atoms with Crippen LogP contribution in [0, 0.1) is 0 Å². The SMILES string of the molecule is NC(CO)CS. The van der Waals surface area contributed by atoms with Gasteiger partial charge in [0.2, 0.25) is 0 Å². The van der Waals surface area contributed by atoms with E-state index in [1.54, 1.807) is 0 Å². The highest BCUT2D eigenvalue weighted by Gasteiger charge is 1.90. The Morgan fingerprint density at radius 3 is 2.33 bits per heavy atom. The molecule has 0 aliphatic carbocycles. The predicted molar refractivity (Wildman–Crippen MR) is 28.9 cm³/mol. The van der Waals surface area contributed by atoms with Crippen LogP contribution in [0.15, 0.2) is 0 Å². The lowest BCUT2D eigenvalue weighted by molar-refractivity contribution is 0.275. The maximum atomic E-state index is 8.16. The Morgan fingerprint density at radius 2 is 2.33 bits per heavy atom. The number of rotatable bonds is 2. The van der Waals surface area contributed by atoms with Crippen LogP contribution in [0.1, 0.15) is 0 Å². The van der Waals surface area contributed by atoms with Gasteiger partial charge in [0.05, 0.1) is 6.61 Å². The Balaban J connectivity index is 2.75. The van der Waals surface area contributed by atoms with Gasteiger partial charge < -0.3 is 10.8 Å². The summed E-state index contributed by atoms with van der Waals surface area (Å²) in [6.07, 6.45) is 0. The largest absolute Gasteiger partial charge is 0.395 e. The molecule has 0 aromatic heterocycles. The third kappa shape index (κ3) is 2.50. The van der Waals surface area contributed by atoms with Crippen LogP contribution in [0.5, 0.6) is 0 Å². The molecule has 0 aromatic rings. The highest BCUT2D eigenvalue weighted by atomic mass is 32.1. The first-order valence-electron chi connectivity index (χ1n) is 1.78. The highest BCUT2D eigenvalue weighted by Crippen LogP contribution is 1.77. The fraction of sp³-hybridized carbons (Fsp3) is 1.00. The van der Waals surface area contributed by atoms with Crippen molar-refractivity contribution in [3.63, 3.8) is 0 Å². The summed E-state index contributed by atoms with van der Waals surface area (Å²) in [5.74, 6) is 0.552. The Bertz CT molecular complexity index is 30.0. The topological polar surface area (TPSA) is 46.2 Å². The quantitative estimate of drug-likeness (QED) is 0.406. The number of aliphatic hydroxyl groups is 1. The zero-order chi connectivity index (χ0) is 4.99. The molecule has 3 heteroatoms. The summed E-state index contributed by atoms with van der Waals surface area (Å²) in [5.41, 5.74) is 5.15. The minimum atomic E-state index is -0.145. The van der Waals surface area contributed by atoms with Gasteiger partial charge in [-0.1, -0.05) is 0 Å². The van der Waals surface area contributed by atoms with E-state index in [-0.39, 0.29) is 12.6 Å². The van der Waals surface area contributed by atoms with Crippen LogP contribution in [0.25, 0.3) is 0 Å². The summed E-state index contributed by atoms with van der Waals surface area (Å²) in [6.45, 7) is 0.0312. The maximum absolute atomic E-state index is 8.16. The summed E-state index contributed by atoms with van der Waals surface area (Å²) in [5, 5.41) is 8.16. The van der Waals surface area contributed by atoms with E-state index in [9.17, 15) is 0 Å².